The Kier molecular flexibility index (Phi) is 5.67. The number of ether oxygens (including phenoxy) is 1. The molecule has 0 aliphatic rings. The van der Waals surface area contributed by atoms with E-state index in [2.05, 4.69) is 51.2 Å². The fourth-order valence-corrected chi connectivity index (χ4v) is 2.12. The predicted molar refractivity (Wildman–Crippen MR) is 78.4 cm³/mol. The molecule has 1 N–H and O–H groups in total. The van der Waals surface area contributed by atoms with Crippen LogP contribution in [0.2, 0.25) is 0 Å². The molecule has 0 bridgehead atoms. The highest BCUT2D eigenvalue weighted by atomic mass is 16.5. The number of hydrogen-bond donors (Lipinski definition) is 1. The number of hydrogen-bond acceptors (Lipinski definition) is 2. The van der Waals surface area contributed by atoms with Crippen LogP contribution in [0, 0.1) is 0 Å². The smallest absolute Gasteiger partial charge is 0.123 e. The zero-order chi connectivity index (χ0) is 13.6. The molecule has 1 aromatic carbocycles. The molecule has 0 aliphatic carbocycles. The minimum absolute atomic E-state index is 0.133. The number of nitrogens with one attached hydrogen (secondary N) is 1. The van der Waals surface area contributed by atoms with E-state index < -0.39 is 0 Å². The van der Waals surface area contributed by atoms with Crippen LogP contribution in [0.15, 0.2) is 24.3 Å². The third-order valence-corrected chi connectivity index (χ3v) is 3.22. The average molecular weight is 249 g/mol. The third-order valence-electron chi connectivity index (χ3n) is 3.22. The molecule has 0 aliphatic heterocycles. The summed E-state index contributed by atoms with van der Waals surface area (Å²) in [6, 6.07) is 8.92. The first-order valence-electron chi connectivity index (χ1n) is 6.93. The van der Waals surface area contributed by atoms with Crippen molar-refractivity contribution in [3.63, 3.8) is 0 Å². The molecule has 1 rings (SSSR count). The van der Waals surface area contributed by atoms with Gasteiger partial charge in [-0.05, 0) is 36.9 Å². The van der Waals surface area contributed by atoms with Gasteiger partial charge in [0.05, 0.1) is 6.61 Å². The maximum atomic E-state index is 5.73. The van der Waals surface area contributed by atoms with E-state index in [4.69, 9.17) is 4.74 Å². The lowest BCUT2D eigenvalue weighted by Gasteiger charge is -2.28. The first-order chi connectivity index (χ1) is 8.47. The van der Waals surface area contributed by atoms with Crippen molar-refractivity contribution in [2.24, 2.45) is 0 Å². The van der Waals surface area contributed by atoms with Crippen molar-refractivity contribution in [1.29, 1.82) is 0 Å². The SMILES string of the molecule is CCOc1ccccc1C(C)(C)CCNC(C)C. The van der Waals surface area contributed by atoms with Gasteiger partial charge in [0, 0.05) is 6.04 Å². The van der Waals surface area contributed by atoms with Crippen molar-refractivity contribution in [1.82, 2.24) is 5.32 Å². The fourth-order valence-electron chi connectivity index (χ4n) is 2.12. The van der Waals surface area contributed by atoms with E-state index in [-0.39, 0.29) is 5.41 Å². The topological polar surface area (TPSA) is 21.3 Å². The van der Waals surface area contributed by atoms with Crippen molar-refractivity contribution in [3.05, 3.63) is 29.8 Å². The summed E-state index contributed by atoms with van der Waals surface area (Å²) in [5.41, 5.74) is 1.44. The lowest BCUT2D eigenvalue weighted by Crippen LogP contribution is -2.29. The second-order valence-electron chi connectivity index (χ2n) is 5.67. The maximum absolute atomic E-state index is 5.73. The highest BCUT2D eigenvalue weighted by molar-refractivity contribution is 5.38. The third kappa shape index (κ3) is 4.34. The summed E-state index contributed by atoms with van der Waals surface area (Å²) in [5, 5.41) is 3.48. The number of para-hydroxylation sites is 1. The average Bonchev–Trinajstić information content (AvgIpc) is 2.29. The van der Waals surface area contributed by atoms with Crippen molar-refractivity contribution in [2.45, 2.75) is 52.5 Å². The van der Waals surface area contributed by atoms with E-state index in [0.717, 1.165) is 25.3 Å². The second kappa shape index (κ2) is 6.79. The summed E-state index contributed by atoms with van der Waals surface area (Å²) in [7, 11) is 0. The molecular formula is C16H27NO. The molecule has 0 heterocycles. The Hall–Kier alpha value is -1.02. The summed E-state index contributed by atoms with van der Waals surface area (Å²) >= 11 is 0. The van der Waals surface area contributed by atoms with E-state index in [9.17, 15) is 0 Å². The number of rotatable bonds is 7. The minimum atomic E-state index is 0.133. The van der Waals surface area contributed by atoms with Crippen LogP contribution < -0.4 is 10.1 Å². The van der Waals surface area contributed by atoms with E-state index in [1.165, 1.54) is 5.56 Å². The molecule has 0 spiro atoms. The molecule has 0 radical (unpaired) electrons. The van der Waals surface area contributed by atoms with Gasteiger partial charge >= 0.3 is 0 Å². The van der Waals surface area contributed by atoms with Gasteiger partial charge < -0.3 is 10.1 Å². The lowest BCUT2D eigenvalue weighted by atomic mass is 9.81. The summed E-state index contributed by atoms with van der Waals surface area (Å²) in [4.78, 5) is 0. The number of benzene rings is 1. The van der Waals surface area contributed by atoms with Crippen LogP contribution in [0.1, 0.15) is 46.6 Å². The van der Waals surface area contributed by atoms with Crippen LogP contribution in [0.5, 0.6) is 5.75 Å². The Morgan fingerprint density at radius 3 is 2.50 bits per heavy atom. The molecule has 2 heteroatoms. The van der Waals surface area contributed by atoms with Crippen LogP contribution in [-0.2, 0) is 5.41 Å². The van der Waals surface area contributed by atoms with Crippen molar-refractivity contribution in [3.8, 4) is 5.75 Å². The Bertz CT molecular complexity index is 358. The van der Waals surface area contributed by atoms with Crippen molar-refractivity contribution < 1.29 is 4.74 Å². The maximum Gasteiger partial charge on any atom is 0.123 e. The standard InChI is InChI=1S/C16H27NO/c1-6-18-15-10-8-7-9-14(15)16(4,5)11-12-17-13(2)3/h7-10,13,17H,6,11-12H2,1-5H3. The second-order valence-corrected chi connectivity index (χ2v) is 5.67. The van der Waals surface area contributed by atoms with Crippen LogP contribution in [0.25, 0.3) is 0 Å². The predicted octanol–water partition coefficient (Wildman–Crippen LogP) is 3.75. The van der Waals surface area contributed by atoms with Crippen LogP contribution in [-0.4, -0.2) is 19.2 Å². The van der Waals surface area contributed by atoms with Crippen LogP contribution in [0.4, 0.5) is 0 Å². The fraction of sp³-hybridized carbons (Fsp3) is 0.625. The first-order valence-corrected chi connectivity index (χ1v) is 6.93. The van der Waals surface area contributed by atoms with Gasteiger partial charge in [-0.15, -0.1) is 0 Å². The van der Waals surface area contributed by atoms with E-state index in [1.54, 1.807) is 0 Å². The molecule has 0 saturated heterocycles. The Morgan fingerprint density at radius 1 is 1.22 bits per heavy atom. The largest absolute Gasteiger partial charge is 0.494 e. The molecule has 102 valence electrons. The zero-order valence-corrected chi connectivity index (χ0v) is 12.4. The molecule has 1 aromatic rings. The quantitative estimate of drug-likeness (QED) is 0.794. The Morgan fingerprint density at radius 2 is 1.89 bits per heavy atom. The summed E-state index contributed by atoms with van der Waals surface area (Å²) in [6.45, 7) is 12.7. The summed E-state index contributed by atoms with van der Waals surface area (Å²) in [6.07, 6.45) is 1.11. The molecule has 0 atom stereocenters. The normalized spacial score (nSPS) is 11.9. The molecule has 0 saturated carbocycles. The monoisotopic (exact) mass is 249 g/mol. The molecule has 18 heavy (non-hydrogen) atoms. The highest BCUT2D eigenvalue weighted by Crippen LogP contribution is 2.33. The van der Waals surface area contributed by atoms with Gasteiger partial charge in [0.15, 0.2) is 0 Å². The van der Waals surface area contributed by atoms with Crippen molar-refractivity contribution >= 4 is 0 Å². The molecule has 0 aromatic heterocycles. The molecule has 0 unspecified atom stereocenters. The summed E-state index contributed by atoms with van der Waals surface area (Å²) in [5.74, 6) is 1.02. The minimum Gasteiger partial charge on any atom is -0.494 e. The molecular weight excluding hydrogens is 222 g/mol. The lowest BCUT2D eigenvalue weighted by molar-refractivity contribution is 0.324. The van der Waals surface area contributed by atoms with Gasteiger partial charge in [0.25, 0.3) is 0 Å². The van der Waals surface area contributed by atoms with Crippen molar-refractivity contribution in [2.75, 3.05) is 13.2 Å². The van der Waals surface area contributed by atoms with E-state index in [0.29, 0.717) is 6.04 Å². The van der Waals surface area contributed by atoms with Gasteiger partial charge in [-0.1, -0.05) is 45.9 Å². The van der Waals surface area contributed by atoms with Gasteiger partial charge in [-0.3, -0.25) is 0 Å². The highest BCUT2D eigenvalue weighted by Gasteiger charge is 2.23. The zero-order valence-electron chi connectivity index (χ0n) is 12.4. The molecule has 2 nitrogen and oxygen atoms in total. The molecule has 0 fully saturated rings. The van der Waals surface area contributed by atoms with Gasteiger partial charge in [0.1, 0.15) is 5.75 Å². The van der Waals surface area contributed by atoms with Crippen LogP contribution in [0.3, 0.4) is 0 Å². The van der Waals surface area contributed by atoms with Crippen LogP contribution >= 0.6 is 0 Å². The van der Waals surface area contributed by atoms with E-state index >= 15 is 0 Å². The first kappa shape index (κ1) is 15.0. The van der Waals surface area contributed by atoms with Gasteiger partial charge in [-0.25, -0.2) is 0 Å². The van der Waals surface area contributed by atoms with Gasteiger partial charge in [-0.2, -0.15) is 0 Å². The molecule has 0 amide bonds. The Labute approximate surface area is 112 Å². The summed E-state index contributed by atoms with van der Waals surface area (Å²) < 4.78 is 5.73. The van der Waals surface area contributed by atoms with E-state index in [1.807, 2.05) is 13.0 Å². The Balaban J connectivity index is 2.76. The van der Waals surface area contributed by atoms with Gasteiger partial charge in [0.2, 0.25) is 0 Å².